The Morgan fingerprint density at radius 1 is 1.26 bits per heavy atom. The van der Waals surface area contributed by atoms with E-state index in [9.17, 15) is 13.6 Å². The van der Waals surface area contributed by atoms with Gasteiger partial charge < -0.3 is 10.1 Å². The zero-order chi connectivity index (χ0) is 13.8. The van der Waals surface area contributed by atoms with Gasteiger partial charge in [-0.2, -0.15) is 0 Å². The molecule has 0 unspecified atom stereocenters. The van der Waals surface area contributed by atoms with Crippen LogP contribution in [-0.4, -0.2) is 23.0 Å². The molecule has 5 nitrogen and oxygen atoms in total. The SMILES string of the molecule is COC(=O)c1cnc(Nc2ccc(F)cc2F)cn1. The van der Waals surface area contributed by atoms with Gasteiger partial charge in [0.25, 0.3) is 0 Å². The molecule has 0 saturated carbocycles. The van der Waals surface area contributed by atoms with Gasteiger partial charge in [0.15, 0.2) is 5.69 Å². The third-order valence-corrected chi connectivity index (χ3v) is 2.24. The Hall–Kier alpha value is -2.57. The topological polar surface area (TPSA) is 64.1 Å². The Labute approximate surface area is 107 Å². The lowest BCUT2D eigenvalue weighted by molar-refractivity contribution is 0.0593. The molecule has 2 rings (SSSR count). The molecule has 0 fully saturated rings. The van der Waals surface area contributed by atoms with Crippen LogP contribution < -0.4 is 5.32 Å². The smallest absolute Gasteiger partial charge is 0.358 e. The summed E-state index contributed by atoms with van der Waals surface area (Å²) in [5.74, 6) is -1.82. The quantitative estimate of drug-likeness (QED) is 0.862. The van der Waals surface area contributed by atoms with Gasteiger partial charge in [-0.15, -0.1) is 0 Å². The van der Waals surface area contributed by atoms with Crippen molar-refractivity contribution in [3.05, 3.63) is 47.9 Å². The number of carbonyl (C=O) groups excluding carboxylic acids is 1. The van der Waals surface area contributed by atoms with E-state index in [0.717, 1.165) is 12.1 Å². The average Bonchev–Trinajstić information content (AvgIpc) is 2.42. The van der Waals surface area contributed by atoms with Crippen molar-refractivity contribution in [1.29, 1.82) is 0 Å². The zero-order valence-electron chi connectivity index (χ0n) is 9.85. The van der Waals surface area contributed by atoms with Crippen LogP contribution in [-0.2, 0) is 4.74 Å². The van der Waals surface area contributed by atoms with Crippen LogP contribution in [0.5, 0.6) is 0 Å². The molecule has 0 aliphatic carbocycles. The lowest BCUT2D eigenvalue weighted by atomic mass is 10.3. The number of anilines is 2. The molecule has 1 heterocycles. The molecule has 0 radical (unpaired) electrons. The molecule has 1 N–H and O–H groups in total. The van der Waals surface area contributed by atoms with Crippen LogP contribution in [0.3, 0.4) is 0 Å². The number of esters is 1. The summed E-state index contributed by atoms with van der Waals surface area (Å²) in [6, 6.07) is 3.10. The normalized spacial score (nSPS) is 10.1. The number of methoxy groups -OCH3 is 1. The number of carbonyl (C=O) groups is 1. The molecule has 2 aromatic rings. The van der Waals surface area contributed by atoms with E-state index >= 15 is 0 Å². The summed E-state index contributed by atoms with van der Waals surface area (Å²) in [4.78, 5) is 18.8. The number of hydrogen-bond acceptors (Lipinski definition) is 5. The molecule has 0 aliphatic rings. The summed E-state index contributed by atoms with van der Waals surface area (Å²) < 4.78 is 30.6. The summed E-state index contributed by atoms with van der Waals surface area (Å²) in [7, 11) is 1.23. The van der Waals surface area contributed by atoms with Gasteiger partial charge in [-0.3, -0.25) is 0 Å². The van der Waals surface area contributed by atoms with Crippen molar-refractivity contribution in [2.45, 2.75) is 0 Å². The predicted octanol–water partition coefficient (Wildman–Crippen LogP) is 2.29. The fourth-order valence-corrected chi connectivity index (χ4v) is 1.33. The maximum absolute atomic E-state index is 13.4. The first kappa shape index (κ1) is 12.9. The Balaban J connectivity index is 2.17. The van der Waals surface area contributed by atoms with Crippen LogP contribution >= 0.6 is 0 Å². The molecule has 0 spiro atoms. The highest BCUT2D eigenvalue weighted by Crippen LogP contribution is 2.18. The summed E-state index contributed by atoms with van der Waals surface area (Å²) >= 11 is 0. The third-order valence-electron chi connectivity index (χ3n) is 2.24. The van der Waals surface area contributed by atoms with Gasteiger partial charge in [0.05, 0.1) is 25.2 Å². The zero-order valence-corrected chi connectivity index (χ0v) is 9.85. The van der Waals surface area contributed by atoms with Crippen LogP contribution in [0.25, 0.3) is 0 Å². The van der Waals surface area contributed by atoms with Crippen LogP contribution in [0, 0.1) is 11.6 Å². The second kappa shape index (κ2) is 5.38. The molecule has 0 atom stereocenters. The first-order valence-corrected chi connectivity index (χ1v) is 5.22. The monoisotopic (exact) mass is 265 g/mol. The van der Waals surface area contributed by atoms with Gasteiger partial charge in [-0.25, -0.2) is 23.5 Å². The Morgan fingerprint density at radius 2 is 2.05 bits per heavy atom. The largest absolute Gasteiger partial charge is 0.464 e. The Bertz CT molecular complexity index is 602. The van der Waals surface area contributed by atoms with E-state index in [1.54, 1.807) is 0 Å². The minimum atomic E-state index is -0.751. The maximum atomic E-state index is 13.4. The van der Waals surface area contributed by atoms with Gasteiger partial charge in [0.2, 0.25) is 0 Å². The van der Waals surface area contributed by atoms with Crippen molar-refractivity contribution in [2.75, 3.05) is 12.4 Å². The van der Waals surface area contributed by atoms with E-state index in [1.807, 2.05) is 0 Å². The number of nitrogens with zero attached hydrogens (tertiary/aromatic N) is 2. The standard InChI is InChI=1S/C12H9F2N3O2/c1-19-12(18)10-5-16-11(6-15-10)17-9-3-2-7(13)4-8(9)14/h2-6H,1H3,(H,16,17). The Morgan fingerprint density at radius 3 is 2.63 bits per heavy atom. The van der Waals surface area contributed by atoms with Gasteiger partial charge in [0.1, 0.15) is 17.5 Å². The molecule has 0 bridgehead atoms. The molecule has 0 aliphatic heterocycles. The minimum Gasteiger partial charge on any atom is -0.464 e. The number of ether oxygens (including phenoxy) is 1. The van der Waals surface area contributed by atoms with Crippen LogP contribution in [0.15, 0.2) is 30.6 Å². The number of hydrogen-bond donors (Lipinski definition) is 1. The molecule has 7 heteroatoms. The van der Waals surface area contributed by atoms with Crippen LogP contribution in [0.1, 0.15) is 10.5 Å². The van der Waals surface area contributed by atoms with E-state index in [-0.39, 0.29) is 17.2 Å². The molecule has 19 heavy (non-hydrogen) atoms. The molecular formula is C12H9F2N3O2. The van der Waals surface area contributed by atoms with E-state index in [2.05, 4.69) is 20.0 Å². The molecule has 1 aromatic heterocycles. The Kier molecular flexibility index (Phi) is 3.65. The number of nitrogens with one attached hydrogen (secondary N) is 1. The third kappa shape index (κ3) is 3.01. The molecule has 0 saturated heterocycles. The van der Waals surface area contributed by atoms with E-state index in [0.29, 0.717) is 0 Å². The highest BCUT2D eigenvalue weighted by Gasteiger charge is 2.09. The van der Waals surface area contributed by atoms with E-state index in [1.165, 1.54) is 25.6 Å². The summed E-state index contributed by atoms with van der Waals surface area (Å²) in [5.41, 5.74) is 0.0918. The van der Waals surface area contributed by atoms with Crippen molar-refractivity contribution in [3.8, 4) is 0 Å². The minimum absolute atomic E-state index is 0.0348. The van der Waals surface area contributed by atoms with Gasteiger partial charge in [-0.1, -0.05) is 0 Å². The number of aromatic nitrogens is 2. The average molecular weight is 265 g/mol. The van der Waals surface area contributed by atoms with Crippen molar-refractivity contribution in [2.24, 2.45) is 0 Å². The second-order valence-electron chi connectivity index (χ2n) is 3.53. The summed E-state index contributed by atoms with van der Waals surface area (Å²) in [6.07, 6.45) is 2.44. The fourth-order valence-electron chi connectivity index (χ4n) is 1.33. The summed E-state index contributed by atoms with van der Waals surface area (Å²) in [6.45, 7) is 0. The maximum Gasteiger partial charge on any atom is 0.358 e. The van der Waals surface area contributed by atoms with Crippen molar-refractivity contribution >= 4 is 17.5 Å². The van der Waals surface area contributed by atoms with Crippen molar-refractivity contribution < 1.29 is 18.3 Å². The number of rotatable bonds is 3. The highest BCUT2D eigenvalue weighted by atomic mass is 19.1. The van der Waals surface area contributed by atoms with Gasteiger partial charge in [-0.05, 0) is 12.1 Å². The van der Waals surface area contributed by atoms with Gasteiger partial charge >= 0.3 is 5.97 Å². The predicted molar refractivity (Wildman–Crippen MR) is 63.0 cm³/mol. The fraction of sp³-hybridized carbons (Fsp3) is 0.0833. The van der Waals surface area contributed by atoms with Crippen LogP contribution in [0.2, 0.25) is 0 Å². The molecule has 0 amide bonds. The lowest BCUT2D eigenvalue weighted by Gasteiger charge is -2.06. The van der Waals surface area contributed by atoms with Gasteiger partial charge in [0, 0.05) is 6.07 Å². The lowest BCUT2D eigenvalue weighted by Crippen LogP contribution is -2.06. The second-order valence-corrected chi connectivity index (χ2v) is 3.53. The van der Waals surface area contributed by atoms with E-state index < -0.39 is 17.6 Å². The number of benzene rings is 1. The number of halogens is 2. The highest BCUT2D eigenvalue weighted by molar-refractivity contribution is 5.86. The van der Waals surface area contributed by atoms with Crippen molar-refractivity contribution in [3.63, 3.8) is 0 Å². The van der Waals surface area contributed by atoms with Crippen LogP contribution in [0.4, 0.5) is 20.3 Å². The first-order valence-electron chi connectivity index (χ1n) is 5.22. The first-order chi connectivity index (χ1) is 9.10. The van der Waals surface area contributed by atoms with E-state index in [4.69, 9.17) is 0 Å². The molecule has 1 aromatic carbocycles. The molecular weight excluding hydrogens is 256 g/mol. The molecule has 98 valence electrons. The summed E-state index contributed by atoms with van der Waals surface area (Å²) in [5, 5.41) is 2.62. The van der Waals surface area contributed by atoms with Crippen molar-refractivity contribution in [1.82, 2.24) is 9.97 Å².